The van der Waals surface area contributed by atoms with Crippen LogP contribution in [0.15, 0.2) is 48.0 Å². The number of fused-ring (bicyclic) bond motifs is 1. The van der Waals surface area contributed by atoms with Gasteiger partial charge in [0, 0.05) is 18.3 Å². The normalized spacial score (nSPS) is 21.6. The number of hydrogen-bond acceptors (Lipinski definition) is 4. The van der Waals surface area contributed by atoms with Crippen molar-refractivity contribution in [3.05, 3.63) is 64.7 Å². The molecule has 1 saturated heterocycles. The van der Waals surface area contributed by atoms with Gasteiger partial charge in [0.2, 0.25) is 0 Å². The third-order valence-corrected chi connectivity index (χ3v) is 6.67. The fraction of sp³-hybridized carbons (Fsp3) is 0.346. The summed E-state index contributed by atoms with van der Waals surface area (Å²) >= 11 is 0. The Bertz CT molecular complexity index is 1130. The Balaban J connectivity index is 1.70. The summed E-state index contributed by atoms with van der Waals surface area (Å²) in [5.41, 5.74) is 4.64. The summed E-state index contributed by atoms with van der Waals surface area (Å²) in [5, 5.41) is 2.30. The van der Waals surface area contributed by atoms with Crippen molar-refractivity contribution in [3.8, 4) is 0 Å². The van der Waals surface area contributed by atoms with E-state index < -0.39 is 17.8 Å². The second-order valence-corrected chi connectivity index (χ2v) is 9.27. The average Bonchev–Trinajstić information content (AvgIpc) is 2.75. The van der Waals surface area contributed by atoms with E-state index in [0.717, 1.165) is 34.6 Å². The number of benzene rings is 2. The molecule has 2 aromatic carbocycles. The van der Waals surface area contributed by atoms with Gasteiger partial charge in [-0.05, 0) is 79.6 Å². The molecule has 4 amide bonds. The molecule has 1 fully saturated rings. The molecule has 0 aromatic heterocycles. The summed E-state index contributed by atoms with van der Waals surface area (Å²) in [7, 11) is 2.09. The highest BCUT2D eigenvalue weighted by atomic mass is 16.2. The van der Waals surface area contributed by atoms with Gasteiger partial charge in [-0.2, -0.15) is 0 Å². The summed E-state index contributed by atoms with van der Waals surface area (Å²) in [6.07, 6.45) is 3.43. The van der Waals surface area contributed by atoms with Crippen LogP contribution in [0, 0.1) is 0 Å². The first-order valence-corrected chi connectivity index (χ1v) is 11.0. The number of urea groups is 1. The quantitative estimate of drug-likeness (QED) is 0.568. The number of carbonyl (C=O) groups is 3. The topological polar surface area (TPSA) is 69.7 Å². The summed E-state index contributed by atoms with van der Waals surface area (Å²) in [6, 6.07) is 12.5. The number of anilines is 2. The second-order valence-electron chi connectivity index (χ2n) is 9.27. The van der Waals surface area contributed by atoms with Crippen LogP contribution in [-0.2, 0) is 16.0 Å². The molecule has 6 nitrogen and oxygen atoms in total. The lowest BCUT2D eigenvalue weighted by molar-refractivity contribution is -0.122. The highest BCUT2D eigenvalue weighted by molar-refractivity contribution is 6.39. The number of carbonyl (C=O) groups excluding carboxylic acids is 3. The molecule has 4 rings (SSSR count). The van der Waals surface area contributed by atoms with Crippen molar-refractivity contribution < 1.29 is 14.4 Å². The monoisotopic (exact) mass is 431 g/mol. The largest absolute Gasteiger partial charge is 0.369 e. The zero-order valence-corrected chi connectivity index (χ0v) is 19.2. The summed E-state index contributed by atoms with van der Waals surface area (Å²) in [4.78, 5) is 41.4. The standard InChI is InChI=1S/C26H29N3O3/c1-6-17-7-10-19(11-8-17)29-24(31)21(23(30)27-25(29)32)14-18-9-12-22-20(13-18)16(2)15-26(3,4)28(22)5/h7-14,16H,6,15H2,1-5H3,(H,27,30,32)/b21-14+. The van der Waals surface area contributed by atoms with Crippen molar-refractivity contribution in [1.29, 1.82) is 0 Å². The van der Waals surface area contributed by atoms with Crippen LogP contribution in [0.25, 0.3) is 6.08 Å². The number of nitrogens with zero attached hydrogens (tertiary/aromatic N) is 2. The first kappa shape index (κ1) is 21.8. The predicted molar refractivity (Wildman–Crippen MR) is 127 cm³/mol. The van der Waals surface area contributed by atoms with E-state index in [9.17, 15) is 14.4 Å². The van der Waals surface area contributed by atoms with Crippen LogP contribution in [0.5, 0.6) is 0 Å². The Labute approximate surface area is 188 Å². The second kappa shape index (κ2) is 7.93. The maximum Gasteiger partial charge on any atom is 0.335 e. The van der Waals surface area contributed by atoms with Crippen LogP contribution in [-0.4, -0.2) is 30.4 Å². The van der Waals surface area contributed by atoms with Gasteiger partial charge in [-0.3, -0.25) is 14.9 Å². The molecule has 2 aliphatic heterocycles. The molecule has 2 heterocycles. The van der Waals surface area contributed by atoms with Gasteiger partial charge in [0.15, 0.2) is 0 Å². The Hall–Kier alpha value is -3.41. The molecule has 1 unspecified atom stereocenters. The minimum atomic E-state index is -0.732. The van der Waals surface area contributed by atoms with Crippen LogP contribution in [0.3, 0.4) is 0 Å². The highest BCUT2D eigenvalue weighted by Crippen LogP contribution is 2.42. The third kappa shape index (κ3) is 3.70. The van der Waals surface area contributed by atoms with Gasteiger partial charge in [0.05, 0.1) is 5.69 Å². The van der Waals surface area contributed by atoms with Gasteiger partial charge in [0.25, 0.3) is 11.8 Å². The third-order valence-electron chi connectivity index (χ3n) is 6.67. The number of barbiturate groups is 1. The number of imide groups is 2. The lowest BCUT2D eigenvalue weighted by atomic mass is 9.80. The number of amides is 4. The predicted octanol–water partition coefficient (Wildman–Crippen LogP) is 4.64. The van der Waals surface area contributed by atoms with Crippen molar-refractivity contribution >= 4 is 35.3 Å². The van der Waals surface area contributed by atoms with E-state index in [0.29, 0.717) is 11.6 Å². The molecule has 2 aromatic rings. The molecular formula is C26H29N3O3. The maximum absolute atomic E-state index is 13.2. The zero-order chi connectivity index (χ0) is 23.2. The Morgan fingerprint density at radius 2 is 1.78 bits per heavy atom. The van der Waals surface area contributed by atoms with E-state index in [1.807, 2.05) is 37.3 Å². The maximum atomic E-state index is 13.2. The lowest BCUT2D eigenvalue weighted by Crippen LogP contribution is -2.54. The van der Waals surface area contributed by atoms with Crippen LogP contribution < -0.4 is 15.1 Å². The van der Waals surface area contributed by atoms with Crippen LogP contribution in [0.2, 0.25) is 0 Å². The molecular weight excluding hydrogens is 402 g/mol. The van der Waals surface area contributed by atoms with Gasteiger partial charge in [-0.25, -0.2) is 9.69 Å². The van der Waals surface area contributed by atoms with Crippen molar-refractivity contribution in [1.82, 2.24) is 5.32 Å². The summed E-state index contributed by atoms with van der Waals surface area (Å²) in [5.74, 6) is -0.946. The Morgan fingerprint density at radius 1 is 1.09 bits per heavy atom. The van der Waals surface area contributed by atoms with Crippen molar-refractivity contribution in [2.45, 2.75) is 52.0 Å². The molecule has 32 heavy (non-hydrogen) atoms. The highest BCUT2D eigenvalue weighted by Gasteiger charge is 2.37. The number of nitrogens with one attached hydrogen (secondary N) is 1. The average molecular weight is 432 g/mol. The Morgan fingerprint density at radius 3 is 2.44 bits per heavy atom. The van der Waals surface area contributed by atoms with E-state index in [1.54, 1.807) is 18.2 Å². The minimum Gasteiger partial charge on any atom is -0.369 e. The van der Waals surface area contributed by atoms with Gasteiger partial charge in [-0.15, -0.1) is 0 Å². The molecule has 6 heteroatoms. The Kier molecular flexibility index (Phi) is 5.41. The van der Waals surface area contributed by atoms with Gasteiger partial charge in [0.1, 0.15) is 5.57 Å². The van der Waals surface area contributed by atoms with Crippen molar-refractivity contribution in [2.24, 2.45) is 0 Å². The fourth-order valence-electron chi connectivity index (χ4n) is 4.62. The van der Waals surface area contributed by atoms with E-state index in [2.05, 4.69) is 38.0 Å². The van der Waals surface area contributed by atoms with Crippen LogP contribution in [0.4, 0.5) is 16.2 Å². The van der Waals surface area contributed by atoms with Gasteiger partial charge in [-0.1, -0.05) is 32.0 Å². The molecule has 0 spiro atoms. The van der Waals surface area contributed by atoms with E-state index in [-0.39, 0.29) is 11.1 Å². The van der Waals surface area contributed by atoms with Crippen LogP contribution in [0.1, 0.15) is 56.7 Å². The SMILES string of the molecule is CCc1ccc(N2C(=O)NC(=O)/C(=C\c3ccc4c(c3)C(C)CC(C)(C)N4C)C2=O)cc1. The molecule has 0 bridgehead atoms. The zero-order valence-electron chi connectivity index (χ0n) is 19.2. The summed E-state index contributed by atoms with van der Waals surface area (Å²) < 4.78 is 0. The molecule has 2 aliphatic rings. The molecule has 1 N–H and O–H groups in total. The van der Waals surface area contributed by atoms with E-state index >= 15 is 0 Å². The molecule has 0 radical (unpaired) electrons. The molecule has 1 atom stereocenters. The smallest absolute Gasteiger partial charge is 0.335 e. The van der Waals surface area contributed by atoms with Gasteiger partial charge >= 0.3 is 6.03 Å². The van der Waals surface area contributed by atoms with Crippen LogP contribution >= 0.6 is 0 Å². The van der Waals surface area contributed by atoms with Crippen molar-refractivity contribution in [3.63, 3.8) is 0 Å². The molecule has 0 saturated carbocycles. The number of hydrogen-bond donors (Lipinski definition) is 1. The first-order valence-electron chi connectivity index (χ1n) is 11.0. The lowest BCUT2D eigenvalue weighted by Gasteiger charge is -2.45. The summed E-state index contributed by atoms with van der Waals surface area (Å²) in [6.45, 7) is 8.69. The first-order chi connectivity index (χ1) is 15.1. The number of aryl methyl sites for hydroxylation is 1. The molecule has 166 valence electrons. The fourth-order valence-corrected chi connectivity index (χ4v) is 4.62. The van der Waals surface area contributed by atoms with Gasteiger partial charge < -0.3 is 4.90 Å². The molecule has 0 aliphatic carbocycles. The van der Waals surface area contributed by atoms with E-state index in [4.69, 9.17) is 0 Å². The minimum absolute atomic E-state index is 0.0544. The van der Waals surface area contributed by atoms with E-state index in [1.165, 1.54) is 5.56 Å². The van der Waals surface area contributed by atoms with Crippen molar-refractivity contribution in [2.75, 3.05) is 16.8 Å². The number of rotatable bonds is 3.